The number of hydrogen-bond donors (Lipinski definition) is 1. The molecule has 0 bridgehead atoms. The number of amides is 1. The Morgan fingerprint density at radius 1 is 1.43 bits per heavy atom. The van der Waals surface area contributed by atoms with E-state index in [1.807, 2.05) is 0 Å². The number of carbonyl (C=O) groups excluding carboxylic acids is 1. The van der Waals surface area contributed by atoms with Gasteiger partial charge in [-0.1, -0.05) is 6.92 Å². The molecular weight excluding hydrogens is 219 g/mol. The minimum absolute atomic E-state index is 0.0474. The van der Waals surface area contributed by atoms with Crippen molar-refractivity contribution in [3.05, 3.63) is 0 Å². The molecular formula is C8H13ClF3NO. The summed E-state index contributed by atoms with van der Waals surface area (Å²) in [5, 5.41) is 2.24. The molecule has 0 saturated heterocycles. The van der Waals surface area contributed by atoms with Crippen molar-refractivity contribution >= 4 is 17.5 Å². The van der Waals surface area contributed by atoms with E-state index < -0.39 is 18.5 Å². The lowest BCUT2D eigenvalue weighted by Gasteiger charge is -2.19. The van der Waals surface area contributed by atoms with Gasteiger partial charge in [0, 0.05) is 11.9 Å². The van der Waals surface area contributed by atoms with E-state index in [-0.39, 0.29) is 12.0 Å². The van der Waals surface area contributed by atoms with E-state index >= 15 is 0 Å². The van der Waals surface area contributed by atoms with Gasteiger partial charge in [-0.15, -0.1) is 11.6 Å². The lowest BCUT2D eigenvalue weighted by molar-refractivity contribution is -0.154. The largest absolute Gasteiger partial charge is 0.397 e. The highest BCUT2D eigenvalue weighted by atomic mass is 35.5. The van der Waals surface area contributed by atoms with Crippen LogP contribution < -0.4 is 5.32 Å². The standard InChI is InChI=1S/C8H13ClF3NO/c1-5(4-9)6(2)13-7(14)3-8(10,11)12/h5-6H,3-4H2,1-2H3,(H,13,14). The molecule has 0 aromatic rings. The molecule has 6 heteroatoms. The van der Waals surface area contributed by atoms with Crippen LogP contribution in [0, 0.1) is 5.92 Å². The molecule has 0 aliphatic rings. The molecule has 14 heavy (non-hydrogen) atoms. The molecule has 0 saturated carbocycles. The van der Waals surface area contributed by atoms with Crippen LogP contribution in [0.4, 0.5) is 13.2 Å². The molecule has 0 heterocycles. The molecule has 2 nitrogen and oxygen atoms in total. The van der Waals surface area contributed by atoms with E-state index in [9.17, 15) is 18.0 Å². The number of nitrogens with one attached hydrogen (secondary N) is 1. The highest BCUT2D eigenvalue weighted by molar-refractivity contribution is 6.18. The fourth-order valence-corrected chi connectivity index (χ4v) is 1.03. The van der Waals surface area contributed by atoms with E-state index in [0.29, 0.717) is 5.88 Å². The van der Waals surface area contributed by atoms with Crippen LogP contribution in [-0.4, -0.2) is 24.0 Å². The molecule has 1 N–H and O–H groups in total. The summed E-state index contributed by atoms with van der Waals surface area (Å²) >= 11 is 5.49. The van der Waals surface area contributed by atoms with Gasteiger partial charge >= 0.3 is 6.18 Å². The summed E-state index contributed by atoms with van der Waals surface area (Å²) in [4.78, 5) is 10.8. The maximum atomic E-state index is 11.8. The number of carbonyl (C=O) groups is 1. The third-order valence-electron chi connectivity index (χ3n) is 1.85. The van der Waals surface area contributed by atoms with Crippen molar-refractivity contribution in [3.63, 3.8) is 0 Å². The van der Waals surface area contributed by atoms with Gasteiger partial charge in [0.15, 0.2) is 0 Å². The van der Waals surface area contributed by atoms with Gasteiger partial charge in [0.1, 0.15) is 6.42 Å². The van der Waals surface area contributed by atoms with Crippen molar-refractivity contribution in [1.29, 1.82) is 0 Å². The Morgan fingerprint density at radius 3 is 2.29 bits per heavy atom. The fraction of sp³-hybridized carbons (Fsp3) is 0.875. The monoisotopic (exact) mass is 231 g/mol. The summed E-state index contributed by atoms with van der Waals surface area (Å²) in [6.07, 6.45) is -5.89. The summed E-state index contributed by atoms with van der Waals surface area (Å²) in [6.45, 7) is 3.38. The molecule has 2 atom stereocenters. The average Bonchev–Trinajstić information content (AvgIpc) is 1.99. The summed E-state index contributed by atoms with van der Waals surface area (Å²) in [6, 6.07) is -0.345. The quantitative estimate of drug-likeness (QED) is 0.740. The first-order chi connectivity index (χ1) is 6.26. The van der Waals surface area contributed by atoms with Crippen LogP contribution in [0.3, 0.4) is 0 Å². The van der Waals surface area contributed by atoms with E-state index in [4.69, 9.17) is 11.6 Å². The molecule has 1 amide bonds. The van der Waals surface area contributed by atoms with Gasteiger partial charge < -0.3 is 5.32 Å². The third-order valence-corrected chi connectivity index (χ3v) is 2.33. The molecule has 0 fully saturated rings. The van der Waals surface area contributed by atoms with Crippen LogP contribution in [0.5, 0.6) is 0 Å². The van der Waals surface area contributed by atoms with Crippen molar-refractivity contribution in [1.82, 2.24) is 5.32 Å². The molecule has 0 aliphatic carbocycles. The SMILES string of the molecule is CC(CCl)C(C)NC(=O)CC(F)(F)F. The zero-order valence-corrected chi connectivity index (χ0v) is 8.74. The van der Waals surface area contributed by atoms with Crippen molar-refractivity contribution < 1.29 is 18.0 Å². The molecule has 0 aromatic carbocycles. The maximum Gasteiger partial charge on any atom is 0.397 e. The molecule has 0 rings (SSSR count). The van der Waals surface area contributed by atoms with E-state index in [0.717, 1.165) is 0 Å². The average molecular weight is 232 g/mol. The van der Waals surface area contributed by atoms with Crippen molar-refractivity contribution in [2.24, 2.45) is 5.92 Å². The second-order valence-corrected chi connectivity index (χ2v) is 3.59. The molecule has 2 unspecified atom stereocenters. The van der Waals surface area contributed by atoms with Gasteiger partial charge in [0.05, 0.1) is 0 Å². The summed E-state index contributed by atoms with van der Waals surface area (Å²) < 4.78 is 35.3. The van der Waals surface area contributed by atoms with Crippen LogP contribution in [0.15, 0.2) is 0 Å². The number of alkyl halides is 4. The molecule has 84 valence electrons. The molecule has 0 aliphatic heterocycles. The summed E-state index contributed by atoms with van der Waals surface area (Å²) in [5.41, 5.74) is 0. The lowest BCUT2D eigenvalue weighted by Crippen LogP contribution is -2.39. The van der Waals surface area contributed by atoms with Crippen LogP contribution in [0.2, 0.25) is 0 Å². The zero-order chi connectivity index (χ0) is 11.4. The zero-order valence-electron chi connectivity index (χ0n) is 7.99. The smallest absolute Gasteiger partial charge is 0.353 e. The normalized spacial score (nSPS) is 16.1. The molecule has 0 aromatic heterocycles. The predicted molar refractivity (Wildman–Crippen MR) is 48.2 cm³/mol. The van der Waals surface area contributed by atoms with Crippen LogP contribution >= 0.6 is 11.6 Å². The van der Waals surface area contributed by atoms with Crippen molar-refractivity contribution in [2.75, 3.05) is 5.88 Å². The highest BCUT2D eigenvalue weighted by Gasteiger charge is 2.31. The first-order valence-electron chi connectivity index (χ1n) is 4.18. The Bertz CT molecular complexity index is 196. The van der Waals surface area contributed by atoms with E-state index in [1.54, 1.807) is 13.8 Å². The minimum atomic E-state index is -4.45. The maximum absolute atomic E-state index is 11.8. The second-order valence-electron chi connectivity index (χ2n) is 3.28. The van der Waals surface area contributed by atoms with Crippen molar-refractivity contribution in [2.45, 2.75) is 32.5 Å². The van der Waals surface area contributed by atoms with Gasteiger partial charge in [0.2, 0.25) is 5.91 Å². The van der Waals surface area contributed by atoms with Gasteiger partial charge in [0.25, 0.3) is 0 Å². The Balaban J connectivity index is 3.95. The third kappa shape index (κ3) is 6.07. The van der Waals surface area contributed by atoms with Crippen molar-refractivity contribution in [3.8, 4) is 0 Å². The number of halogens is 4. The lowest BCUT2D eigenvalue weighted by atomic mass is 10.1. The minimum Gasteiger partial charge on any atom is -0.353 e. The van der Waals surface area contributed by atoms with E-state index in [1.165, 1.54) is 0 Å². The molecule has 0 radical (unpaired) electrons. The highest BCUT2D eigenvalue weighted by Crippen LogP contribution is 2.19. The number of hydrogen-bond acceptors (Lipinski definition) is 1. The van der Waals surface area contributed by atoms with Gasteiger partial charge in [-0.25, -0.2) is 0 Å². The second kappa shape index (κ2) is 5.44. The van der Waals surface area contributed by atoms with Crippen LogP contribution in [-0.2, 0) is 4.79 Å². The fourth-order valence-electron chi connectivity index (χ4n) is 0.763. The Kier molecular flexibility index (Phi) is 5.26. The van der Waals surface area contributed by atoms with Crippen LogP contribution in [0.25, 0.3) is 0 Å². The van der Waals surface area contributed by atoms with Crippen LogP contribution in [0.1, 0.15) is 20.3 Å². The van der Waals surface area contributed by atoms with Gasteiger partial charge in [-0.05, 0) is 12.8 Å². The Labute approximate surface area is 85.8 Å². The summed E-state index contributed by atoms with van der Waals surface area (Å²) in [5.74, 6) is -0.760. The summed E-state index contributed by atoms with van der Waals surface area (Å²) in [7, 11) is 0. The topological polar surface area (TPSA) is 29.1 Å². The first-order valence-corrected chi connectivity index (χ1v) is 4.71. The predicted octanol–water partition coefficient (Wildman–Crippen LogP) is 2.32. The Morgan fingerprint density at radius 2 is 1.93 bits per heavy atom. The van der Waals surface area contributed by atoms with Gasteiger partial charge in [-0.3, -0.25) is 4.79 Å². The van der Waals surface area contributed by atoms with Gasteiger partial charge in [-0.2, -0.15) is 13.2 Å². The molecule has 0 spiro atoms. The Hall–Kier alpha value is -0.450. The first kappa shape index (κ1) is 13.5. The number of rotatable bonds is 4. The van der Waals surface area contributed by atoms with E-state index in [2.05, 4.69) is 5.32 Å².